The van der Waals surface area contributed by atoms with Gasteiger partial charge in [-0.25, -0.2) is 0 Å². The van der Waals surface area contributed by atoms with Crippen molar-refractivity contribution in [1.82, 2.24) is 5.32 Å². The summed E-state index contributed by atoms with van der Waals surface area (Å²) in [6.45, 7) is 4.79. The number of rotatable bonds is 7. The van der Waals surface area contributed by atoms with Crippen LogP contribution in [-0.4, -0.2) is 61.3 Å². The van der Waals surface area contributed by atoms with Gasteiger partial charge in [0.15, 0.2) is 11.5 Å². The highest BCUT2D eigenvalue weighted by molar-refractivity contribution is 5.47. The van der Waals surface area contributed by atoms with E-state index in [9.17, 15) is 10.2 Å². The molecule has 2 unspecified atom stereocenters. The molecule has 0 aliphatic carbocycles. The van der Waals surface area contributed by atoms with Crippen LogP contribution >= 0.6 is 0 Å². The van der Waals surface area contributed by atoms with Crippen LogP contribution < -0.4 is 27.4 Å². The van der Waals surface area contributed by atoms with Gasteiger partial charge in [-0.3, -0.25) is 0 Å². The zero-order chi connectivity index (χ0) is 16.1. The van der Waals surface area contributed by atoms with Gasteiger partial charge < -0.3 is 42.7 Å². The second-order valence-electron chi connectivity index (χ2n) is 5.89. The number of methoxy groups -OCH3 is 1. The van der Waals surface area contributed by atoms with Crippen LogP contribution in [-0.2, 0) is 6.42 Å². The number of phenols is 1. The molecule has 0 bridgehead atoms. The van der Waals surface area contributed by atoms with E-state index in [1.807, 2.05) is 6.07 Å². The first kappa shape index (κ1) is 20.0. The molecule has 0 saturated heterocycles. The Morgan fingerprint density at radius 2 is 2.17 bits per heavy atom. The second-order valence-corrected chi connectivity index (χ2v) is 5.89. The van der Waals surface area contributed by atoms with Gasteiger partial charge in [-0.15, -0.1) is 0 Å². The molecular formula is C16H27ClN2O4. The molecule has 132 valence electrons. The molecule has 1 aromatic carbocycles. The number of ether oxygens (including phenoxy) is 1. The Bertz CT molecular complexity index is 501. The lowest BCUT2D eigenvalue weighted by Crippen LogP contribution is -3.14. The largest absolute Gasteiger partial charge is 1.00 e. The monoisotopic (exact) mass is 346 g/mol. The number of nitrogens with one attached hydrogen (secondary N) is 2. The van der Waals surface area contributed by atoms with Crippen molar-refractivity contribution in [1.29, 1.82) is 0 Å². The van der Waals surface area contributed by atoms with E-state index in [0.717, 1.165) is 18.5 Å². The van der Waals surface area contributed by atoms with Gasteiger partial charge in [0, 0.05) is 25.1 Å². The number of aromatic hydroxyl groups is 1. The first-order valence-electron chi connectivity index (χ1n) is 7.80. The number of halogens is 1. The van der Waals surface area contributed by atoms with E-state index in [0.29, 0.717) is 25.4 Å². The van der Waals surface area contributed by atoms with E-state index < -0.39 is 6.10 Å². The number of phenolic OH excluding ortho intramolecular Hbond substituents is 1. The van der Waals surface area contributed by atoms with Gasteiger partial charge in [-0.1, -0.05) is 0 Å². The summed E-state index contributed by atoms with van der Waals surface area (Å²) in [5.74, 6) is 0.683. The minimum Gasteiger partial charge on any atom is -1.00 e. The predicted octanol–water partition coefficient (Wildman–Crippen LogP) is -4.15. The maximum absolute atomic E-state index is 10.1. The number of benzene rings is 1. The van der Waals surface area contributed by atoms with Crippen LogP contribution in [0.25, 0.3) is 0 Å². The molecule has 0 radical (unpaired) electrons. The number of aliphatic hydroxyl groups excluding tert-OH is 2. The highest BCUT2D eigenvalue weighted by Crippen LogP contribution is 2.32. The third kappa shape index (κ3) is 4.96. The lowest BCUT2D eigenvalue weighted by atomic mass is 9.92. The molecular weight excluding hydrogens is 320 g/mol. The second kappa shape index (κ2) is 9.30. The Morgan fingerprint density at radius 1 is 1.43 bits per heavy atom. The summed E-state index contributed by atoms with van der Waals surface area (Å²) in [5, 5.41) is 31.8. The molecule has 3 atom stereocenters. The molecule has 1 aromatic rings. The van der Waals surface area contributed by atoms with E-state index in [1.54, 1.807) is 13.2 Å². The van der Waals surface area contributed by atoms with E-state index >= 15 is 0 Å². The molecule has 23 heavy (non-hydrogen) atoms. The highest BCUT2D eigenvalue weighted by Gasteiger charge is 2.30. The van der Waals surface area contributed by atoms with Crippen molar-refractivity contribution < 1.29 is 37.4 Å². The summed E-state index contributed by atoms with van der Waals surface area (Å²) >= 11 is 0. The van der Waals surface area contributed by atoms with Gasteiger partial charge >= 0.3 is 0 Å². The van der Waals surface area contributed by atoms with Crippen molar-refractivity contribution in [3.8, 4) is 11.5 Å². The van der Waals surface area contributed by atoms with Gasteiger partial charge in [0.2, 0.25) is 0 Å². The molecule has 7 heteroatoms. The number of hydrogen-bond acceptors (Lipinski definition) is 5. The summed E-state index contributed by atoms with van der Waals surface area (Å²) in [6.07, 6.45) is 0.438. The Hall–Kier alpha value is -1.05. The molecule has 1 aliphatic rings. The van der Waals surface area contributed by atoms with Crippen LogP contribution in [0.2, 0.25) is 0 Å². The van der Waals surface area contributed by atoms with Crippen LogP contribution in [0.15, 0.2) is 12.1 Å². The first-order valence-corrected chi connectivity index (χ1v) is 7.80. The zero-order valence-corrected chi connectivity index (χ0v) is 14.4. The summed E-state index contributed by atoms with van der Waals surface area (Å²) in [4.78, 5) is 1.32. The van der Waals surface area contributed by atoms with Crippen molar-refractivity contribution in [2.45, 2.75) is 25.5 Å². The first-order chi connectivity index (χ1) is 10.6. The van der Waals surface area contributed by atoms with Crippen LogP contribution in [0.4, 0.5) is 0 Å². The van der Waals surface area contributed by atoms with E-state index in [1.165, 1.54) is 10.5 Å². The third-order valence-electron chi connectivity index (χ3n) is 4.40. The molecule has 2 rings (SSSR count). The predicted molar refractivity (Wildman–Crippen MR) is 83.4 cm³/mol. The summed E-state index contributed by atoms with van der Waals surface area (Å²) in [7, 11) is 1.55. The smallest absolute Gasteiger partial charge is 0.161 e. The zero-order valence-electron chi connectivity index (χ0n) is 13.7. The fourth-order valence-corrected chi connectivity index (χ4v) is 3.14. The minimum absolute atomic E-state index is 0. The quantitative estimate of drug-likeness (QED) is 0.324. The lowest BCUT2D eigenvalue weighted by Gasteiger charge is -2.33. The maximum Gasteiger partial charge on any atom is 0.161 e. The highest BCUT2D eigenvalue weighted by atomic mass is 35.5. The Kier molecular flexibility index (Phi) is 8.08. The molecule has 6 nitrogen and oxygen atoms in total. The fraction of sp³-hybridized carbons (Fsp3) is 0.625. The van der Waals surface area contributed by atoms with Crippen LogP contribution in [0, 0.1) is 0 Å². The number of hydrogen-bond donors (Lipinski definition) is 5. The lowest BCUT2D eigenvalue weighted by molar-refractivity contribution is -0.934. The van der Waals surface area contributed by atoms with Crippen molar-refractivity contribution in [3.05, 3.63) is 23.3 Å². The molecule has 5 N–H and O–H groups in total. The third-order valence-corrected chi connectivity index (χ3v) is 4.40. The van der Waals surface area contributed by atoms with Crippen molar-refractivity contribution in [3.63, 3.8) is 0 Å². The average molecular weight is 347 g/mol. The maximum atomic E-state index is 10.1. The molecule has 1 aliphatic heterocycles. The van der Waals surface area contributed by atoms with Crippen molar-refractivity contribution in [2.24, 2.45) is 0 Å². The molecule has 1 heterocycles. The van der Waals surface area contributed by atoms with Crippen LogP contribution in [0.3, 0.4) is 0 Å². The normalized spacial score (nSPS) is 21.2. The number of aliphatic hydroxyl groups is 2. The Labute approximate surface area is 143 Å². The van der Waals surface area contributed by atoms with Gasteiger partial charge in [0.1, 0.15) is 18.7 Å². The number of fused-ring (bicyclic) bond motifs is 1. The van der Waals surface area contributed by atoms with Crippen molar-refractivity contribution in [2.75, 3.05) is 39.9 Å². The van der Waals surface area contributed by atoms with Crippen LogP contribution in [0.1, 0.15) is 24.1 Å². The Balaban J connectivity index is 0.00000264. The standard InChI is InChI=1S/C16H26N2O4.ClH/c1-11-14-8-16(22-2)15(21)7-12(14)3-5-18(11)10-13(20)9-17-4-6-19;/h7-8,11,13,17,19-21H,3-6,9-10H2,1-2H3;1H/t11-,13?;/m0./s1. The molecule has 0 saturated carbocycles. The van der Waals surface area contributed by atoms with E-state index in [4.69, 9.17) is 9.84 Å². The van der Waals surface area contributed by atoms with Gasteiger partial charge in [0.25, 0.3) is 0 Å². The summed E-state index contributed by atoms with van der Waals surface area (Å²) < 4.78 is 5.20. The molecule has 0 aromatic heterocycles. The minimum atomic E-state index is -0.440. The molecule has 0 spiro atoms. The number of quaternary nitrogens is 1. The summed E-state index contributed by atoms with van der Waals surface area (Å²) in [5.41, 5.74) is 2.33. The summed E-state index contributed by atoms with van der Waals surface area (Å²) in [6, 6.07) is 3.94. The van der Waals surface area contributed by atoms with Crippen molar-refractivity contribution >= 4 is 0 Å². The van der Waals surface area contributed by atoms with Crippen LogP contribution in [0.5, 0.6) is 11.5 Å². The molecule has 0 fully saturated rings. The molecule has 0 amide bonds. The van der Waals surface area contributed by atoms with Gasteiger partial charge in [-0.05, 0) is 24.6 Å². The topological polar surface area (TPSA) is 86.4 Å². The van der Waals surface area contributed by atoms with E-state index in [2.05, 4.69) is 12.2 Å². The fourth-order valence-electron chi connectivity index (χ4n) is 3.14. The Morgan fingerprint density at radius 3 is 2.83 bits per heavy atom. The average Bonchev–Trinajstić information content (AvgIpc) is 2.50. The van der Waals surface area contributed by atoms with E-state index in [-0.39, 0.29) is 30.8 Å². The van der Waals surface area contributed by atoms with Gasteiger partial charge in [0.05, 0.1) is 20.3 Å². The van der Waals surface area contributed by atoms with Gasteiger partial charge in [-0.2, -0.15) is 0 Å². The SMILES string of the molecule is COc1cc2c(cc1O)CC[NH+](CC(O)CNCCO)[C@H]2C.[Cl-].